The van der Waals surface area contributed by atoms with Crippen molar-refractivity contribution in [2.24, 2.45) is 5.92 Å². The fourth-order valence-corrected chi connectivity index (χ4v) is 3.64. The molecule has 2 amide bonds. The minimum absolute atomic E-state index is 0.0546. The second-order valence-electron chi connectivity index (χ2n) is 8.04. The highest BCUT2D eigenvalue weighted by atomic mass is 16.2. The molecule has 1 aliphatic heterocycles. The Balaban J connectivity index is 1.83. The Morgan fingerprint density at radius 2 is 1.87 bits per heavy atom. The summed E-state index contributed by atoms with van der Waals surface area (Å²) in [4.78, 5) is 32.4. The molecule has 2 heterocycles. The molecule has 7 nitrogen and oxygen atoms in total. The predicted molar refractivity (Wildman–Crippen MR) is 119 cm³/mol. The van der Waals surface area contributed by atoms with Gasteiger partial charge in [-0.2, -0.15) is 0 Å². The molecule has 0 spiro atoms. The molecule has 2 unspecified atom stereocenters. The lowest BCUT2D eigenvalue weighted by Crippen LogP contribution is -2.57. The molecular weight excluding hydrogens is 378 g/mol. The lowest BCUT2D eigenvalue weighted by atomic mass is 10.0. The van der Waals surface area contributed by atoms with Gasteiger partial charge in [-0.25, -0.2) is 4.98 Å². The van der Waals surface area contributed by atoms with E-state index in [1.807, 2.05) is 56.3 Å². The zero-order valence-corrected chi connectivity index (χ0v) is 18.1. The summed E-state index contributed by atoms with van der Waals surface area (Å²) in [6.07, 6.45) is 2.43. The maximum absolute atomic E-state index is 13.6. The van der Waals surface area contributed by atoms with Gasteiger partial charge in [-0.05, 0) is 50.1 Å². The lowest BCUT2D eigenvalue weighted by molar-refractivity contribution is -0.129. The Bertz CT molecular complexity index is 871. The molecule has 1 aromatic heterocycles. The van der Waals surface area contributed by atoms with E-state index >= 15 is 0 Å². The van der Waals surface area contributed by atoms with Gasteiger partial charge < -0.3 is 16.0 Å². The Hall–Kier alpha value is -2.93. The highest BCUT2D eigenvalue weighted by molar-refractivity contribution is 6.01. The number of para-hydroxylation sites is 1. The Kier molecular flexibility index (Phi) is 7.05. The molecule has 0 saturated carbocycles. The normalized spacial score (nSPS) is 17.4. The number of rotatable bonds is 8. The third-order valence-electron chi connectivity index (χ3n) is 5.53. The first-order valence-electron chi connectivity index (χ1n) is 10.5. The third kappa shape index (κ3) is 4.79. The van der Waals surface area contributed by atoms with E-state index in [-0.39, 0.29) is 29.8 Å². The van der Waals surface area contributed by atoms with Crippen LogP contribution >= 0.6 is 0 Å². The van der Waals surface area contributed by atoms with Gasteiger partial charge >= 0.3 is 0 Å². The molecule has 1 aliphatic rings. The van der Waals surface area contributed by atoms with Crippen LogP contribution in [0.4, 0.5) is 11.5 Å². The number of benzene rings is 1. The summed E-state index contributed by atoms with van der Waals surface area (Å²) in [6.45, 7) is 6.26. The highest BCUT2D eigenvalue weighted by Gasteiger charge is 2.39. The number of aromatic nitrogens is 1. The number of nitrogens with one attached hydrogen (secondary N) is 3. The molecule has 0 bridgehead atoms. The minimum atomic E-state index is -0.625. The van der Waals surface area contributed by atoms with Crippen molar-refractivity contribution in [3.63, 3.8) is 0 Å². The Morgan fingerprint density at radius 3 is 2.53 bits per heavy atom. The first-order valence-corrected chi connectivity index (χ1v) is 10.5. The lowest BCUT2D eigenvalue weighted by Gasteiger charge is -2.31. The van der Waals surface area contributed by atoms with Crippen LogP contribution in [-0.4, -0.2) is 48.5 Å². The van der Waals surface area contributed by atoms with Gasteiger partial charge in [0.1, 0.15) is 11.9 Å². The standard InChI is InChI=1S/C23H31N5O2/c1-15(2)20(27-22(29)16(3)24-4)23(30)28-19(13-17-9-8-12-25-21(17)28)14-26-18-10-6-5-7-11-18/h5-12,15-16,19-20,24,26H,13-14H2,1-4H3,(H,27,29)/t16?,19?,20-/m0/s1. The number of amides is 2. The highest BCUT2D eigenvalue weighted by Crippen LogP contribution is 2.31. The fraction of sp³-hybridized carbons (Fsp3) is 0.435. The van der Waals surface area contributed by atoms with Gasteiger partial charge in [0.05, 0.1) is 12.1 Å². The Morgan fingerprint density at radius 1 is 1.13 bits per heavy atom. The molecule has 2 aromatic rings. The summed E-state index contributed by atoms with van der Waals surface area (Å²) in [5, 5.41) is 9.27. The van der Waals surface area contributed by atoms with Gasteiger partial charge in [0.2, 0.25) is 5.91 Å². The van der Waals surface area contributed by atoms with Gasteiger partial charge in [0.25, 0.3) is 5.91 Å². The van der Waals surface area contributed by atoms with Gasteiger partial charge in [0, 0.05) is 18.4 Å². The summed E-state index contributed by atoms with van der Waals surface area (Å²) in [6, 6.07) is 12.8. The topological polar surface area (TPSA) is 86.4 Å². The molecule has 3 N–H and O–H groups in total. The van der Waals surface area contributed by atoms with Gasteiger partial charge in [0.15, 0.2) is 0 Å². The van der Waals surface area contributed by atoms with Crippen molar-refractivity contribution < 1.29 is 9.59 Å². The molecule has 0 radical (unpaired) electrons. The van der Waals surface area contributed by atoms with Gasteiger partial charge in [-0.3, -0.25) is 14.5 Å². The first-order chi connectivity index (χ1) is 14.4. The van der Waals surface area contributed by atoms with E-state index < -0.39 is 6.04 Å². The Labute approximate surface area is 178 Å². The van der Waals surface area contributed by atoms with Crippen molar-refractivity contribution in [1.82, 2.24) is 15.6 Å². The van der Waals surface area contributed by atoms with Crippen molar-refractivity contribution in [2.45, 2.75) is 45.3 Å². The molecule has 0 aliphatic carbocycles. The summed E-state index contributed by atoms with van der Waals surface area (Å²) >= 11 is 0. The van der Waals surface area contributed by atoms with Gasteiger partial charge in [-0.1, -0.05) is 38.1 Å². The molecular formula is C23H31N5O2. The number of pyridine rings is 1. The smallest absolute Gasteiger partial charge is 0.251 e. The van der Waals surface area contributed by atoms with Crippen LogP contribution in [0.1, 0.15) is 26.3 Å². The summed E-state index contributed by atoms with van der Waals surface area (Å²) < 4.78 is 0. The van der Waals surface area contributed by atoms with Crippen molar-refractivity contribution in [3.05, 3.63) is 54.2 Å². The average Bonchev–Trinajstić information content (AvgIpc) is 3.13. The number of carbonyl (C=O) groups excluding carboxylic acids is 2. The van der Waals surface area contributed by atoms with E-state index in [2.05, 4.69) is 20.9 Å². The van der Waals surface area contributed by atoms with E-state index in [1.54, 1.807) is 25.1 Å². The van der Waals surface area contributed by atoms with Crippen LogP contribution in [0, 0.1) is 5.92 Å². The molecule has 3 rings (SSSR count). The first kappa shape index (κ1) is 21.8. The maximum atomic E-state index is 13.6. The number of fused-ring (bicyclic) bond motifs is 1. The number of hydrogen-bond acceptors (Lipinski definition) is 5. The molecule has 0 fully saturated rings. The molecule has 160 valence electrons. The minimum Gasteiger partial charge on any atom is -0.383 e. The molecule has 1 aromatic carbocycles. The second-order valence-corrected chi connectivity index (χ2v) is 8.04. The molecule has 3 atom stereocenters. The van der Waals surface area contributed by atoms with Crippen LogP contribution in [-0.2, 0) is 16.0 Å². The van der Waals surface area contributed by atoms with E-state index in [0.717, 1.165) is 17.7 Å². The number of hydrogen-bond donors (Lipinski definition) is 3. The van der Waals surface area contributed by atoms with Crippen molar-refractivity contribution >= 4 is 23.3 Å². The number of carbonyl (C=O) groups is 2. The third-order valence-corrected chi connectivity index (χ3v) is 5.53. The van der Waals surface area contributed by atoms with Crippen LogP contribution in [0.3, 0.4) is 0 Å². The van der Waals surface area contributed by atoms with Gasteiger partial charge in [-0.15, -0.1) is 0 Å². The predicted octanol–water partition coefficient (Wildman–Crippen LogP) is 2.20. The van der Waals surface area contributed by atoms with Crippen LogP contribution in [0.15, 0.2) is 48.7 Å². The number of likely N-dealkylation sites (N-methyl/N-ethyl adjacent to an activating group) is 1. The fourth-order valence-electron chi connectivity index (χ4n) is 3.64. The molecule has 30 heavy (non-hydrogen) atoms. The van der Waals surface area contributed by atoms with Crippen LogP contribution in [0.5, 0.6) is 0 Å². The molecule has 7 heteroatoms. The average molecular weight is 410 g/mol. The zero-order chi connectivity index (χ0) is 21.7. The quantitative estimate of drug-likeness (QED) is 0.622. The second kappa shape index (κ2) is 9.71. The van der Waals surface area contributed by atoms with Crippen LogP contribution in [0.25, 0.3) is 0 Å². The van der Waals surface area contributed by atoms with E-state index in [0.29, 0.717) is 12.4 Å². The van der Waals surface area contributed by atoms with E-state index in [9.17, 15) is 9.59 Å². The summed E-state index contributed by atoms with van der Waals surface area (Å²) in [7, 11) is 1.72. The van der Waals surface area contributed by atoms with Crippen LogP contribution < -0.4 is 20.9 Å². The number of nitrogens with zero attached hydrogens (tertiary/aromatic N) is 2. The van der Waals surface area contributed by atoms with Crippen molar-refractivity contribution in [2.75, 3.05) is 23.8 Å². The maximum Gasteiger partial charge on any atom is 0.251 e. The largest absolute Gasteiger partial charge is 0.383 e. The molecule has 0 saturated heterocycles. The van der Waals surface area contributed by atoms with E-state index in [1.165, 1.54) is 0 Å². The van der Waals surface area contributed by atoms with Crippen molar-refractivity contribution in [3.8, 4) is 0 Å². The SMILES string of the molecule is CNC(C)C(=O)N[C@H](C(=O)N1c2ncccc2CC1CNc1ccccc1)C(C)C. The zero-order valence-electron chi connectivity index (χ0n) is 18.1. The summed E-state index contributed by atoms with van der Waals surface area (Å²) in [5.74, 6) is 0.313. The summed E-state index contributed by atoms with van der Waals surface area (Å²) in [5.41, 5.74) is 2.05. The monoisotopic (exact) mass is 409 g/mol. The number of anilines is 2. The van der Waals surface area contributed by atoms with E-state index in [4.69, 9.17) is 0 Å². The van der Waals surface area contributed by atoms with Crippen molar-refractivity contribution in [1.29, 1.82) is 0 Å². The van der Waals surface area contributed by atoms with Crippen LogP contribution in [0.2, 0.25) is 0 Å².